The first-order valence-corrected chi connectivity index (χ1v) is 7.07. The number of methoxy groups -OCH3 is 1. The van der Waals surface area contributed by atoms with Gasteiger partial charge in [-0.1, -0.05) is 13.8 Å². The minimum Gasteiger partial charge on any atom is -0.481 e. The maximum absolute atomic E-state index is 12.7. The van der Waals surface area contributed by atoms with Gasteiger partial charge in [-0.3, -0.25) is 9.59 Å². The Kier molecular flexibility index (Phi) is 4.67. The van der Waals surface area contributed by atoms with Crippen LogP contribution < -0.4 is 0 Å². The topological polar surface area (TPSA) is 80.0 Å². The van der Waals surface area contributed by atoms with Gasteiger partial charge in [0.1, 0.15) is 0 Å². The van der Waals surface area contributed by atoms with Crippen LogP contribution in [0.1, 0.15) is 48.7 Å². The second-order valence-electron chi connectivity index (χ2n) is 5.66. The molecule has 1 amide bonds. The molecule has 0 aromatic carbocycles. The van der Waals surface area contributed by atoms with E-state index in [1.165, 1.54) is 6.26 Å². The molecule has 6 heteroatoms. The molecule has 0 radical (unpaired) electrons. The Morgan fingerprint density at radius 2 is 2.24 bits per heavy atom. The molecule has 1 aliphatic heterocycles. The summed E-state index contributed by atoms with van der Waals surface area (Å²) in [5, 5.41) is 9.00. The molecule has 0 spiro atoms. The van der Waals surface area contributed by atoms with E-state index in [0.717, 1.165) is 5.56 Å². The highest BCUT2D eigenvalue weighted by molar-refractivity contribution is 5.93. The molecule has 1 aromatic heterocycles. The molecule has 0 saturated carbocycles. The summed E-state index contributed by atoms with van der Waals surface area (Å²) in [6.45, 7) is 4.36. The van der Waals surface area contributed by atoms with Gasteiger partial charge >= 0.3 is 5.97 Å². The highest BCUT2D eigenvalue weighted by Gasteiger charge is 2.38. The fraction of sp³-hybridized carbons (Fsp3) is 0.600. The van der Waals surface area contributed by atoms with E-state index in [9.17, 15) is 9.59 Å². The monoisotopic (exact) mass is 295 g/mol. The highest BCUT2D eigenvalue weighted by Crippen LogP contribution is 2.28. The molecule has 21 heavy (non-hydrogen) atoms. The maximum atomic E-state index is 12.7. The molecule has 2 unspecified atom stereocenters. The largest absolute Gasteiger partial charge is 0.481 e. The van der Waals surface area contributed by atoms with Crippen LogP contribution in [0.3, 0.4) is 0 Å². The summed E-state index contributed by atoms with van der Waals surface area (Å²) in [5.41, 5.74) is 0.843. The lowest BCUT2D eigenvalue weighted by molar-refractivity contribution is -0.138. The summed E-state index contributed by atoms with van der Waals surface area (Å²) in [5.74, 6) is -0.703. The van der Waals surface area contributed by atoms with Crippen LogP contribution in [0, 0.1) is 0 Å². The Labute approximate surface area is 123 Å². The third-order valence-corrected chi connectivity index (χ3v) is 3.89. The molecule has 116 valence electrons. The van der Waals surface area contributed by atoms with Gasteiger partial charge in [0.15, 0.2) is 5.76 Å². The number of nitrogens with zero attached hydrogens (tertiary/aromatic N) is 1. The number of amides is 1. The SMILES string of the molecule is COC1CC(CC(=O)O)N(C(=O)c2occc2C(C)C)C1. The summed E-state index contributed by atoms with van der Waals surface area (Å²) in [6.07, 6.45) is 1.82. The van der Waals surface area contributed by atoms with Crippen LogP contribution in [0.15, 0.2) is 16.7 Å². The van der Waals surface area contributed by atoms with Crippen molar-refractivity contribution in [3.05, 3.63) is 23.7 Å². The van der Waals surface area contributed by atoms with Gasteiger partial charge in [-0.05, 0) is 18.4 Å². The molecule has 1 fully saturated rings. The van der Waals surface area contributed by atoms with Gasteiger partial charge in [0, 0.05) is 25.3 Å². The minimum absolute atomic E-state index is 0.0800. The smallest absolute Gasteiger partial charge is 0.305 e. The van der Waals surface area contributed by atoms with Gasteiger partial charge < -0.3 is 19.2 Å². The number of furan rings is 1. The van der Waals surface area contributed by atoms with Crippen molar-refractivity contribution in [2.75, 3.05) is 13.7 Å². The van der Waals surface area contributed by atoms with Crippen LogP contribution in [0.25, 0.3) is 0 Å². The predicted molar refractivity (Wildman–Crippen MR) is 75.3 cm³/mol. The first kappa shape index (κ1) is 15.6. The second-order valence-corrected chi connectivity index (χ2v) is 5.66. The first-order chi connectivity index (χ1) is 9.93. The lowest BCUT2D eigenvalue weighted by Gasteiger charge is -2.23. The average molecular weight is 295 g/mol. The van der Waals surface area contributed by atoms with Crippen LogP contribution in [0.5, 0.6) is 0 Å². The maximum Gasteiger partial charge on any atom is 0.305 e. The van der Waals surface area contributed by atoms with Crippen molar-refractivity contribution in [2.24, 2.45) is 0 Å². The van der Waals surface area contributed by atoms with E-state index in [-0.39, 0.29) is 30.4 Å². The van der Waals surface area contributed by atoms with Crippen molar-refractivity contribution in [2.45, 2.75) is 44.8 Å². The number of likely N-dealkylation sites (tertiary alicyclic amines) is 1. The normalized spacial score (nSPS) is 22.0. The Bertz CT molecular complexity index is 522. The molecular weight excluding hydrogens is 274 g/mol. The van der Waals surface area contributed by atoms with Gasteiger partial charge in [0.05, 0.1) is 18.8 Å². The zero-order chi connectivity index (χ0) is 15.6. The van der Waals surface area contributed by atoms with Crippen molar-refractivity contribution < 1.29 is 23.8 Å². The van der Waals surface area contributed by atoms with Gasteiger partial charge in [-0.15, -0.1) is 0 Å². The van der Waals surface area contributed by atoms with E-state index in [1.54, 1.807) is 18.1 Å². The number of aliphatic carboxylic acids is 1. The molecule has 1 N–H and O–H groups in total. The number of hydrogen-bond donors (Lipinski definition) is 1. The molecule has 6 nitrogen and oxygen atoms in total. The molecule has 1 aliphatic rings. The predicted octanol–water partition coefficient (Wildman–Crippen LogP) is 2.11. The summed E-state index contributed by atoms with van der Waals surface area (Å²) in [7, 11) is 1.57. The average Bonchev–Trinajstić information content (AvgIpc) is 3.03. The second kappa shape index (κ2) is 6.30. The highest BCUT2D eigenvalue weighted by atomic mass is 16.5. The molecule has 2 rings (SSSR count). The molecule has 0 bridgehead atoms. The Morgan fingerprint density at radius 3 is 2.81 bits per heavy atom. The number of hydrogen-bond acceptors (Lipinski definition) is 4. The quantitative estimate of drug-likeness (QED) is 0.900. The van der Waals surface area contributed by atoms with Crippen LogP contribution in [0.4, 0.5) is 0 Å². The Balaban J connectivity index is 2.22. The van der Waals surface area contributed by atoms with E-state index in [4.69, 9.17) is 14.3 Å². The molecule has 1 saturated heterocycles. The molecule has 1 aromatic rings. The van der Waals surface area contributed by atoms with Crippen LogP contribution >= 0.6 is 0 Å². The summed E-state index contributed by atoms with van der Waals surface area (Å²) in [4.78, 5) is 25.2. The minimum atomic E-state index is -0.918. The molecular formula is C15H21NO5. The molecule has 2 heterocycles. The van der Waals surface area contributed by atoms with Crippen molar-refractivity contribution in [1.29, 1.82) is 0 Å². The van der Waals surface area contributed by atoms with Crippen molar-refractivity contribution in [1.82, 2.24) is 4.90 Å². The van der Waals surface area contributed by atoms with Gasteiger partial charge in [0.25, 0.3) is 5.91 Å². The number of carbonyl (C=O) groups excluding carboxylic acids is 1. The lowest BCUT2D eigenvalue weighted by atomic mass is 10.0. The van der Waals surface area contributed by atoms with Crippen LogP contribution in [-0.4, -0.2) is 47.7 Å². The Morgan fingerprint density at radius 1 is 1.52 bits per heavy atom. The van der Waals surface area contributed by atoms with Gasteiger partial charge in [-0.25, -0.2) is 0 Å². The summed E-state index contributed by atoms with van der Waals surface area (Å²) < 4.78 is 10.6. The van der Waals surface area contributed by atoms with Crippen molar-refractivity contribution in [3.8, 4) is 0 Å². The van der Waals surface area contributed by atoms with E-state index in [2.05, 4.69) is 0 Å². The zero-order valence-electron chi connectivity index (χ0n) is 12.5. The number of carboxylic acid groups (broad SMARTS) is 1. The van der Waals surface area contributed by atoms with Crippen LogP contribution in [0.2, 0.25) is 0 Å². The van der Waals surface area contributed by atoms with Crippen molar-refractivity contribution in [3.63, 3.8) is 0 Å². The summed E-state index contributed by atoms with van der Waals surface area (Å²) >= 11 is 0. The lowest BCUT2D eigenvalue weighted by Crippen LogP contribution is -2.37. The van der Waals surface area contributed by atoms with Gasteiger partial charge in [-0.2, -0.15) is 0 Å². The summed E-state index contributed by atoms with van der Waals surface area (Å²) in [6, 6.07) is 1.43. The third-order valence-electron chi connectivity index (χ3n) is 3.89. The number of rotatable bonds is 5. The fourth-order valence-electron chi connectivity index (χ4n) is 2.77. The van der Waals surface area contributed by atoms with E-state index in [1.807, 2.05) is 13.8 Å². The Hall–Kier alpha value is -1.82. The molecule has 0 aliphatic carbocycles. The zero-order valence-corrected chi connectivity index (χ0v) is 12.5. The standard InChI is InChI=1S/C15H21NO5/c1-9(2)12-4-5-21-14(12)15(19)16-8-11(20-3)6-10(16)7-13(17)18/h4-5,9-11H,6-8H2,1-3H3,(H,17,18). The van der Waals surface area contributed by atoms with Crippen molar-refractivity contribution >= 4 is 11.9 Å². The van der Waals surface area contributed by atoms with E-state index < -0.39 is 5.97 Å². The number of carboxylic acids is 1. The van der Waals surface area contributed by atoms with E-state index in [0.29, 0.717) is 18.7 Å². The molecule has 2 atom stereocenters. The fourth-order valence-corrected chi connectivity index (χ4v) is 2.77. The van der Waals surface area contributed by atoms with Crippen LogP contribution in [-0.2, 0) is 9.53 Å². The van der Waals surface area contributed by atoms with Gasteiger partial charge in [0.2, 0.25) is 0 Å². The first-order valence-electron chi connectivity index (χ1n) is 7.07. The third kappa shape index (κ3) is 3.26. The number of carbonyl (C=O) groups is 2. The van der Waals surface area contributed by atoms with E-state index >= 15 is 0 Å². The number of ether oxygens (including phenoxy) is 1.